The first-order chi connectivity index (χ1) is 11.1. The van der Waals surface area contributed by atoms with Gasteiger partial charge >= 0.3 is 0 Å². The van der Waals surface area contributed by atoms with Gasteiger partial charge in [-0.2, -0.15) is 0 Å². The molecule has 114 valence electrons. The molecule has 0 saturated heterocycles. The normalized spacial score (nSPS) is 12.6. The third-order valence-electron chi connectivity index (χ3n) is 4.75. The number of amides is 1. The van der Waals surface area contributed by atoms with Gasteiger partial charge in [0.05, 0.1) is 0 Å². The SMILES string of the molecule is Cc1ccc(NC(=O)c2ccc3c4c(cccc24)CC3)c(C)c1. The zero-order valence-corrected chi connectivity index (χ0v) is 13.4. The van der Waals surface area contributed by atoms with Crippen LogP contribution in [0.3, 0.4) is 0 Å². The van der Waals surface area contributed by atoms with Crippen LogP contribution in [-0.2, 0) is 12.8 Å². The molecule has 0 heterocycles. The molecule has 2 heteroatoms. The van der Waals surface area contributed by atoms with E-state index in [1.54, 1.807) is 0 Å². The number of nitrogens with one attached hydrogen (secondary N) is 1. The van der Waals surface area contributed by atoms with E-state index in [0.29, 0.717) is 0 Å². The smallest absolute Gasteiger partial charge is 0.256 e. The van der Waals surface area contributed by atoms with Crippen molar-refractivity contribution < 1.29 is 4.79 Å². The molecule has 1 amide bonds. The van der Waals surface area contributed by atoms with Gasteiger partial charge in [0.2, 0.25) is 0 Å². The van der Waals surface area contributed by atoms with Crippen molar-refractivity contribution in [2.24, 2.45) is 0 Å². The van der Waals surface area contributed by atoms with Gasteiger partial charge in [0.15, 0.2) is 0 Å². The lowest BCUT2D eigenvalue weighted by atomic mass is 9.99. The Labute approximate surface area is 136 Å². The molecule has 0 aromatic heterocycles. The highest BCUT2D eigenvalue weighted by Crippen LogP contribution is 2.33. The Hall–Kier alpha value is -2.61. The lowest BCUT2D eigenvalue weighted by Gasteiger charge is -2.12. The van der Waals surface area contributed by atoms with Crippen molar-refractivity contribution >= 4 is 22.4 Å². The van der Waals surface area contributed by atoms with Gasteiger partial charge in [-0.15, -0.1) is 0 Å². The van der Waals surface area contributed by atoms with E-state index in [1.165, 1.54) is 22.1 Å². The fraction of sp³-hybridized carbons (Fsp3) is 0.190. The largest absolute Gasteiger partial charge is 0.322 e. The summed E-state index contributed by atoms with van der Waals surface area (Å²) in [5.41, 5.74) is 6.64. The van der Waals surface area contributed by atoms with E-state index in [2.05, 4.69) is 42.6 Å². The monoisotopic (exact) mass is 301 g/mol. The minimum atomic E-state index is -0.0347. The van der Waals surface area contributed by atoms with Crippen LogP contribution in [0.25, 0.3) is 10.8 Å². The van der Waals surface area contributed by atoms with Crippen LogP contribution in [0, 0.1) is 13.8 Å². The summed E-state index contributed by atoms with van der Waals surface area (Å²) in [6, 6.07) is 16.4. The quantitative estimate of drug-likeness (QED) is 0.723. The van der Waals surface area contributed by atoms with Gasteiger partial charge in [0.25, 0.3) is 5.91 Å². The molecule has 0 atom stereocenters. The first-order valence-corrected chi connectivity index (χ1v) is 8.05. The lowest BCUT2D eigenvalue weighted by Crippen LogP contribution is -2.13. The Balaban J connectivity index is 1.76. The number of benzene rings is 3. The minimum absolute atomic E-state index is 0.0347. The van der Waals surface area contributed by atoms with Gasteiger partial charge in [-0.25, -0.2) is 0 Å². The molecule has 0 fully saturated rings. The fourth-order valence-electron chi connectivity index (χ4n) is 3.59. The summed E-state index contributed by atoms with van der Waals surface area (Å²) in [6.07, 6.45) is 2.16. The zero-order chi connectivity index (χ0) is 16.0. The van der Waals surface area contributed by atoms with Crippen LogP contribution in [0.1, 0.15) is 32.6 Å². The first kappa shape index (κ1) is 14.0. The van der Waals surface area contributed by atoms with Crippen molar-refractivity contribution in [2.45, 2.75) is 26.7 Å². The Morgan fingerprint density at radius 1 is 0.957 bits per heavy atom. The van der Waals surface area contributed by atoms with E-state index >= 15 is 0 Å². The second-order valence-electron chi connectivity index (χ2n) is 6.38. The number of carbonyl (C=O) groups is 1. The third kappa shape index (κ3) is 2.31. The Morgan fingerprint density at radius 2 is 1.74 bits per heavy atom. The van der Waals surface area contributed by atoms with Gasteiger partial charge in [0, 0.05) is 11.3 Å². The molecule has 0 radical (unpaired) electrons. The highest BCUT2D eigenvalue weighted by molar-refractivity contribution is 6.14. The molecule has 2 nitrogen and oxygen atoms in total. The van der Waals surface area contributed by atoms with Crippen LogP contribution in [0.2, 0.25) is 0 Å². The maximum absolute atomic E-state index is 12.8. The summed E-state index contributed by atoms with van der Waals surface area (Å²) in [7, 11) is 0. The summed E-state index contributed by atoms with van der Waals surface area (Å²) < 4.78 is 0. The molecule has 4 rings (SSSR count). The molecular weight excluding hydrogens is 282 g/mol. The number of anilines is 1. The summed E-state index contributed by atoms with van der Waals surface area (Å²) in [4.78, 5) is 12.8. The van der Waals surface area contributed by atoms with E-state index < -0.39 is 0 Å². The maximum Gasteiger partial charge on any atom is 0.256 e. The highest BCUT2D eigenvalue weighted by Gasteiger charge is 2.18. The highest BCUT2D eigenvalue weighted by atomic mass is 16.1. The topological polar surface area (TPSA) is 29.1 Å². The van der Waals surface area contributed by atoms with Gasteiger partial charge in [0.1, 0.15) is 0 Å². The Bertz CT molecular complexity index is 930. The van der Waals surface area contributed by atoms with Crippen molar-refractivity contribution in [1.29, 1.82) is 0 Å². The number of aryl methyl sites for hydroxylation is 4. The second-order valence-corrected chi connectivity index (χ2v) is 6.38. The van der Waals surface area contributed by atoms with E-state index in [1.807, 2.05) is 25.1 Å². The molecule has 0 aliphatic heterocycles. The van der Waals surface area contributed by atoms with Crippen molar-refractivity contribution in [3.05, 3.63) is 76.3 Å². The minimum Gasteiger partial charge on any atom is -0.322 e. The Kier molecular flexibility index (Phi) is 3.19. The number of hydrogen-bond acceptors (Lipinski definition) is 1. The van der Waals surface area contributed by atoms with Gasteiger partial charge in [-0.1, -0.05) is 42.0 Å². The summed E-state index contributed by atoms with van der Waals surface area (Å²) >= 11 is 0. The predicted molar refractivity (Wildman–Crippen MR) is 95.2 cm³/mol. The van der Waals surface area contributed by atoms with E-state index in [0.717, 1.165) is 35.0 Å². The third-order valence-corrected chi connectivity index (χ3v) is 4.75. The molecule has 3 aromatic carbocycles. The molecular formula is C21H19NO. The van der Waals surface area contributed by atoms with Crippen molar-refractivity contribution in [2.75, 3.05) is 5.32 Å². The fourth-order valence-corrected chi connectivity index (χ4v) is 3.59. The van der Waals surface area contributed by atoms with Crippen LogP contribution < -0.4 is 5.32 Å². The number of carbonyl (C=O) groups excluding carboxylic acids is 1. The van der Waals surface area contributed by atoms with Crippen LogP contribution >= 0.6 is 0 Å². The average molecular weight is 301 g/mol. The van der Waals surface area contributed by atoms with Gasteiger partial charge < -0.3 is 5.32 Å². The average Bonchev–Trinajstić information content (AvgIpc) is 2.96. The molecule has 3 aromatic rings. The van der Waals surface area contributed by atoms with Crippen LogP contribution in [0.15, 0.2) is 48.5 Å². The molecule has 1 aliphatic carbocycles. The summed E-state index contributed by atoms with van der Waals surface area (Å²) in [6.45, 7) is 4.08. The Morgan fingerprint density at radius 3 is 2.52 bits per heavy atom. The van der Waals surface area contributed by atoms with Crippen LogP contribution in [0.5, 0.6) is 0 Å². The molecule has 0 spiro atoms. The van der Waals surface area contributed by atoms with Gasteiger partial charge in [-0.3, -0.25) is 4.79 Å². The van der Waals surface area contributed by atoms with E-state index in [-0.39, 0.29) is 5.91 Å². The molecule has 1 N–H and O–H groups in total. The number of rotatable bonds is 2. The molecule has 0 saturated carbocycles. The first-order valence-electron chi connectivity index (χ1n) is 8.05. The van der Waals surface area contributed by atoms with Crippen LogP contribution in [-0.4, -0.2) is 5.91 Å². The molecule has 0 unspecified atom stereocenters. The molecule has 1 aliphatic rings. The molecule has 23 heavy (non-hydrogen) atoms. The van der Waals surface area contributed by atoms with Crippen molar-refractivity contribution in [1.82, 2.24) is 0 Å². The van der Waals surface area contributed by atoms with E-state index in [9.17, 15) is 4.79 Å². The lowest BCUT2D eigenvalue weighted by molar-refractivity contribution is 0.102. The standard InChI is InChI=1S/C21H19NO/c1-13-6-11-19(14(2)12-13)22-21(23)18-10-9-16-8-7-15-4-3-5-17(18)20(15)16/h3-6,9-12H,7-8H2,1-2H3,(H,22,23). The summed E-state index contributed by atoms with van der Waals surface area (Å²) in [5.74, 6) is -0.0347. The van der Waals surface area contributed by atoms with Crippen molar-refractivity contribution in [3.63, 3.8) is 0 Å². The van der Waals surface area contributed by atoms with Crippen molar-refractivity contribution in [3.8, 4) is 0 Å². The predicted octanol–water partition coefficient (Wildman–Crippen LogP) is 4.81. The second kappa shape index (κ2) is 5.24. The van der Waals surface area contributed by atoms with E-state index in [4.69, 9.17) is 0 Å². The maximum atomic E-state index is 12.8. The number of hydrogen-bond donors (Lipinski definition) is 1. The zero-order valence-electron chi connectivity index (χ0n) is 13.4. The van der Waals surface area contributed by atoms with Gasteiger partial charge in [-0.05, 0) is 66.3 Å². The summed E-state index contributed by atoms with van der Waals surface area (Å²) in [5, 5.41) is 5.41. The molecule has 0 bridgehead atoms. The van der Waals surface area contributed by atoms with Crippen LogP contribution in [0.4, 0.5) is 5.69 Å².